The van der Waals surface area contributed by atoms with Gasteiger partial charge in [-0.25, -0.2) is 8.42 Å². The van der Waals surface area contributed by atoms with Gasteiger partial charge < -0.3 is 10.1 Å². The van der Waals surface area contributed by atoms with Gasteiger partial charge in [0.1, 0.15) is 5.75 Å². The third kappa shape index (κ3) is 7.64. The minimum atomic E-state index is -3.32. The number of amides is 1. The van der Waals surface area contributed by atoms with Crippen LogP contribution < -0.4 is 14.8 Å². The molecule has 3 aromatic carbocycles. The second-order valence-corrected chi connectivity index (χ2v) is 8.65. The van der Waals surface area contributed by atoms with E-state index in [1.54, 1.807) is 36.4 Å². The van der Waals surface area contributed by atoms with E-state index in [9.17, 15) is 13.2 Å². The summed E-state index contributed by atoms with van der Waals surface area (Å²) in [6.07, 6.45) is 4.93. The quantitative estimate of drug-likeness (QED) is 0.489. The van der Waals surface area contributed by atoms with Crippen LogP contribution in [0.5, 0.6) is 5.75 Å². The molecular formula is C24H24N2O4S. The number of hydrogen-bond donors (Lipinski definition) is 2. The number of benzene rings is 3. The van der Waals surface area contributed by atoms with Crippen molar-refractivity contribution in [3.05, 3.63) is 96.1 Å². The second-order valence-electron chi connectivity index (χ2n) is 6.90. The van der Waals surface area contributed by atoms with Gasteiger partial charge in [-0.2, -0.15) is 0 Å². The van der Waals surface area contributed by atoms with Gasteiger partial charge in [-0.3, -0.25) is 9.52 Å². The van der Waals surface area contributed by atoms with Gasteiger partial charge >= 0.3 is 0 Å². The highest BCUT2D eigenvalue weighted by Gasteiger charge is 2.06. The number of nitrogens with one attached hydrogen (secondary N) is 2. The van der Waals surface area contributed by atoms with E-state index in [1.165, 1.54) is 11.6 Å². The Morgan fingerprint density at radius 2 is 1.61 bits per heavy atom. The van der Waals surface area contributed by atoms with Crippen LogP contribution in [0.1, 0.15) is 11.1 Å². The van der Waals surface area contributed by atoms with E-state index in [2.05, 4.69) is 10.0 Å². The number of para-hydroxylation sites is 2. The number of ether oxygens (including phenoxy) is 1. The van der Waals surface area contributed by atoms with Crippen molar-refractivity contribution in [3.63, 3.8) is 0 Å². The number of rotatable bonds is 9. The molecule has 0 spiro atoms. The molecule has 160 valence electrons. The fourth-order valence-electron chi connectivity index (χ4n) is 2.84. The van der Waals surface area contributed by atoms with Crippen LogP contribution in [0.3, 0.4) is 0 Å². The van der Waals surface area contributed by atoms with E-state index in [-0.39, 0.29) is 5.91 Å². The average molecular weight is 437 g/mol. The third-order valence-electron chi connectivity index (χ3n) is 4.28. The highest BCUT2D eigenvalue weighted by atomic mass is 32.2. The van der Waals surface area contributed by atoms with Gasteiger partial charge in [0, 0.05) is 18.2 Å². The summed E-state index contributed by atoms with van der Waals surface area (Å²) in [5.41, 5.74) is 3.01. The molecule has 0 aliphatic heterocycles. The Labute approximate surface area is 182 Å². The van der Waals surface area contributed by atoms with E-state index in [0.717, 1.165) is 18.2 Å². The van der Waals surface area contributed by atoms with E-state index in [4.69, 9.17) is 4.74 Å². The first-order chi connectivity index (χ1) is 14.9. The standard InChI is InChI=1S/C24H24N2O4S/c1-31(28,29)26-21-14-11-20(12-15-21)13-16-24(27)25-22-9-5-6-10-23(22)30-18-17-19-7-3-2-4-8-19/h2-16,26H,17-18H2,1H3,(H,25,27)/b16-13+. The Bertz CT molecular complexity index is 1140. The van der Waals surface area contributed by atoms with Crippen molar-refractivity contribution in [1.29, 1.82) is 0 Å². The molecule has 0 heterocycles. The predicted octanol–water partition coefficient (Wildman–Crippen LogP) is 4.33. The summed E-state index contributed by atoms with van der Waals surface area (Å²) in [7, 11) is -3.32. The molecule has 0 aromatic heterocycles. The summed E-state index contributed by atoms with van der Waals surface area (Å²) in [5, 5.41) is 2.83. The van der Waals surface area contributed by atoms with Crippen molar-refractivity contribution < 1.29 is 17.9 Å². The Morgan fingerprint density at radius 1 is 0.935 bits per heavy atom. The maximum atomic E-state index is 12.3. The third-order valence-corrected chi connectivity index (χ3v) is 4.88. The van der Waals surface area contributed by atoms with Gasteiger partial charge in [-0.1, -0.05) is 54.6 Å². The minimum absolute atomic E-state index is 0.294. The summed E-state index contributed by atoms with van der Waals surface area (Å²) in [5.74, 6) is 0.314. The number of anilines is 2. The zero-order valence-corrected chi connectivity index (χ0v) is 17.9. The van der Waals surface area contributed by atoms with Crippen LogP contribution in [0.25, 0.3) is 6.08 Å². The lowest BCUT2D eigenvalue weighted by molar-refractivity contribution is -0.111. The molecule has 0 unspecified atom stereocenters. The molecule has 0 fully saturated rings. The lowest BCUT2D eigenvalue weighted by Gasteiger charge is -2.11. The highest BCUT2D eigenvalue weighted by Crippen LogP contribution is 2.24. The van der Waals surface area contributed by atoms with Gasteiger partial charge in [0.2, 0.25) is 15.9 Å². The van der Waals surface area contributed by atoms with Crippen LogP contribution in [0.15, 0.2) is 84.9 Å². The molecular weight excluding hydrogens is 412 g/mol. The molecule has 3 rings (SSSR count). The molecule has 0 saturated carbocycles. The fourth-order valence-corrected chi connectivity index (χ4v) is 3.41. The zero-order chi connectivity index (χ0) is 22.1. The summed E-state index contributed by atoms with van der Waals surface area (Å²) >= 11 is 0. The number of carbonyl (C=O) groups is 1. The largest absolute Gasteiger partial charge is 0.491 e. The lowest BCUT2D eigenvalue weighted by atomic mass is 10.2. The van der Waals surface area contributed by atoms with Crippen LogP contribution in [0.4, 0.5) is 11.4 Å². The van der Waals surface area contributed by atoms with Crippen LogP contribution >= 0.6 is 0 Å². The molecule has 1 amide bonds. The van der Waals surface area contributed by atoms with E-state index in [1.807, 2.05) is 48.5 Å². The van der Waals surface area contributed by atoms with Crippen LogP contribution in [0.2, 0.25) is 0 Å². The molecule has 0 bridgehead atoms. The van der Waals surface area contributed by atoms with Crippen LogP contribution in [0, 0.1) is 0 Å². The molecule has 0 aliphatic rings. The van der Waals surface area contributed by atoms with Crippen molar-refractivity contribution in [2.45, 2.75) is 6.42 Å². The summed E-state index contributed by atoms with van der Waals surface area (Å²) in [4.78, 5) is 12.3. The molecule has 0 radical (unpaired) electrons. The molecule has 3 aromatic rings. The monoisotopic (exact) mass is 436 g/mol. The first kappa shape index (κ1) is 22.1. The number of hydrogen-bond acceptors (Lipinski definition) is 4. The normalized spacial score (nSPS) is 11.3. The van der Waals surface area contributed by atoms with Gasteiger partial charge in [-0.15, -0.1) is 0 Å². The summed E-state index contributed by atoms with van der Waals surface area (Å²) in [6.45, 7) is 0.501. The number of carbonyl (C=O) groups excluding carboxylic acids is 1. The Hall–Kier alpha value is -3.58. The van der Waals surface area contributed by atoms with E-state index < -0.39 is 10.0 Å². The summed E-state index contributed by atoms with van der Waals surface area (Å²) < 4.78 is 30.8. The fraction of sp³-hybridized carbons (Fsp3) is 0.125. The molecule has 6 nitrogen and oxygen atoms in total. The van der Waals surface area contributed by atoms with Crippen molar-refractivity contribution in [3.8, 4) is 5.75 Å². The van der Waals surface area contributed by atoms with Gasteiger partial charge in [-0.05, 0) is 41.5 Å². The van der Waals surface area contributed by atoms with Crippen LogP contribution in [-0.2, 0) is 21.2 Å². The maximum absolute atomic E-state index is 12.3. The lowest BCUT2D eigenvalue weighted by Crippen LogP contribution is -2.10. The van der Waals surface area contributed by atoms with E-state index in [0.29, 0.717) is 23.7 Å². The Balaban J connectivity index is 1.56. The molecule has 2 N–H and O–H groups in total. The first-order valence-electron chi connectivity index (χ1n) is 9.72. The van der Waals surface area contributed by atoms with Gasteiger partial charge in [0.25, 0.3) is 0 Å². The first-order valence-corrected chi connectivity index (χ1v) is 11.6. The van der Waals surface area contributed by atoms with Gasteiger partial charge in [0.05, 0.1) is 18.6 Å². The molecule has 7 heteroatoms. The zero-order valence-electron chi connectivity index (χ0n) is 17.1. The molecule has 0 atom stereocenters. The molecule has 0 saturated heterocycles. The maximum Gasteiger partial charge on any atom is 0.248 e. The Kier molecular flexibility index (Phi) is 7.45. The minimum Gasteiger partial charge on any atom is -0.491 e. The smallest absolute Gasteiger partial charge is 0.248 e. The SMILES string of the molecule is CS(=O)(=O)Nc1ccc(/C=C/C(=O)Nc2ccccc2OCCc2ccccc2)cc1. The molecule has 31 heavy (non-hydrogen) atoms. The van der Waals surface area contributed by atoms with Crippen molar-refractivity contribution >= 4 is 33.4 Å². The van der Waals surface area contributed by atoms with Gasteiger partial charge in [0.15, 0.2) is 0 Å². The Morgan fingerprint density at radius 3 is 2.32 bits per heavy atom. The second kappa shape index (κ2) is 10.4. The highest BCUT2D eigenvalue weighted by molar-refractivity contribution is 7.92. The van der Waals surface area contributed by atoms with Crippen molar-refractivity contribution in [1.82, 2.24) is 0 Å². The topological polar surface area (TPSA) is 84.5 Å². The number of sulfonamides is 1. The van der Waals surface area contributed by atoms with Crippen molar-refractivity contribution in [2.24, 2.45) is 0 Å². The molecule has 0 aliphatic carbocycles. The van der Waals surface area contributed by atoms with Crippen LogP contribution in [-0.4, -0.2) is 27.2 Å². The van der Waals surface area contributed by atoms with E-state index >= 15 is 0 Å². The predicted molar refractivity (Wildman–Crippen MR) is 125 cm³/mol. The summed E-state index contributed by atoms with van der Waals surface area (Å²) in [6, 6.07) is 24.1. The van der Waals surface area contributed by atoms with Crippen molar-refractivity contribution in [2.75, 3.05) is 22.9 Å². The average Bonchev–Trinajstić information content (AvgIpc) is 2.74.